The van der Waals surface area contributed by atoms with Crippen molar-refractivity contribution in [1.82, 2.24) is 4.98 Å². The molecule has 1 amide bonds. The molecule has 0 saturated carbocycles. The van der Waals surface area contributed by atoms with Gasteiger partial charge in [-0.3, -0.25) is 4.79 Å². The quantitative estimate of drug-likeness (QED) is 0.293. The number of aryl methyl sites for hydroxylation is 1. The van der Waals surface area contributed by atoms with Crippen molar-refractivity contribution in [2.75, 3.05) is 24.3 Å². The number of carbonyl (C=O) groups is 1. The number of benzene rings is 3. The second-order valence-corrected chi connectivity index (χ2v) is 9.47. The maximum absolute atomic E-state index is 13.3. The Morgan fingerprint density at radius 2 is 1.78 bits per heavy atom. The van der Waals surface area contributed by atoms with Gasteiger partial charge < -0.3 is 9.64 Å². The Bertz CT molecular complexity index is 1430. The number of nitrogens with zero attached hydrogens (tertiary/aromatic N) is 3. The summed E-state index contributed by atoms with van der Waals surface area (Å²) in [6, 6.07) is 29.9. The summed E-state index contributed by atoms with van der Waals surface area (Å²) in [4.78, 5) is 20.0. The Kier molecular flexibility index (Phi) is 7.01. The minimum Gasteiger partial charge on any atom is -0.497 e. The van der Waals surface area contributed by atoms with Crippen molar-refractivity contribution < 1.29 is 9.53 Å². The van der Waals surface area contributed by atoms with E-state index < -0.39 is 0 Å². The molecule has 5 rings (SSSR count). The summed E-state index contributed by atoms with van der Waals surface area (Å²) in [5.41, 5.74) is 6.06. The molecule has 3 aromatic carbocycles. The molecule has 0 saturated heterocycles. The first-order valence-corrected chi connectivity index (χ1v) is 12.8. The highest BCUT2D eigenvalue weighted by Crippen LogP contribution is 2.35. The number of anilines is 1. The van der Waals surface area contributed by atoms with Gasteiger partial charge in [0.05, 0.1) is 24.1 Å². The number of nitriles is 1. The van der Waals surface area contributed by atoms with Crippen LogP contribution in [0.2, 0.25) is 0 Å². The van der Waals surface area contributed by atoms with Crippen molar-refractivity contribution in [1.29, 1.82) is 5.26 Å². The molecule has 0 aliphatic carbocycles. The van der Waals surface area contributed by atoms with Gasteiger partial charge in [0, 0.05) is 23.4 Å². The fraction of sp³-hybridized carbons (Fsp3) is 0.167. The zero-order valence-electron chi connectivity index (χ0n) is 20.0. The molecule has 2 heterocycles. The van der Waals surface area contributed by atoms with Crippen LogP contribution in [-0.4, -0.2) is 30.3 Å². The van der Waals surface area contributed by atoms with Crippen LogP contribution in [-0.2, 0) is 11.2 Å². The smallest absolute Gasteiger partial charge is 0.237 e. The van der Waals surface area contributed by atoms with E-state index in [1.807, 2.05) is 83.8 Å². The standard InChI is InChI=1S/C30H25N3O2S/c1-35-24-15-13-22(14-16-24)27-18-25(21-8-3-2-4-9-21)26(19-31)30(32-27)36-20-29(34)33-17-7-11-23-10-5-6-12-28(23)33/h2-6,8-10,12-16,18H,7,11,17,20H2,1H3. The molecule has 5 nitrogen and oxygen atoms in total. The summed E-state index contributed by atoms with van der Waals surface area (Å²) in [6.07, 6.45) is 1.93. The lowest BCUT2D eigenvalue weighted by Gasteiger charge is -2.29. The zero-order valence-corrected chi connectivity index (χ0v) is 20.8. The van der Waals surface area contributed by atoms with E-state index in [0.717, 1.165) is 46.7 Å². The Labute approximate surface area is 215 Å². The van der Waals surface area contributed by atoms with Gasteiger partial charge >= 0.3 is 0 Å². The number of carbonyl (C=O) groups excluding carboxylic acids is 1. The SMILES string of the molecule is COc1ccc(-c2cc(-c3ccccc3)c(C#N)c(SCC(=O)N3CCCc4ccccc43)n2)cc1. The molecule has 1 aliphatic rings. The van der Waals surface area contributed by atoms with Crippen LogP contribution < -0.4 is 9.64 Å². The van der Waals surface area contributed by atoms with E-state index in [0.29, 0.717) is 17.1 Å². The van der Waals surface area contributed by atoms with Gasteiger partial charge in [-0.15, -0.1) is 0 Å². The van der Waals surface area contributed by atoms with E-state index in [4.69, 9.17) is 9.72 Å². The Hall–Kier alpha value is -4.08. The maximum atomic E-state index is 13.3. The maximum Gasteiger partial charge on any atom is 0.237 e. The van der Waals surface area contributed by atoms with Crippen molar-refractivity contribution in [3.63, 3.8) is 0 Å². The van der Waals surface area contributed by atoms with E-state index in [2.05, 4.69) is 12.1 Å². The fourth-order valence-electron chi connectivity index (χ4n) is 4.49. The number of pyridine rings is 1. The highest BCUT2D eigenvalue weighted by atomic mass is 32.2. The third kappa shape index (κ3) is 4.84. The van der Waals surface area contributed by atoms with Gasteiger partial charge in [0.2, 0.25) is 5.91 Å². The first-order chi connectivity index (χ1) is 17.7. The molecule has 6 heteroatoms. The molecule has 36 heavy (non-hydrogen) atoms. The van der Waals surface area contributed by atoms with Crippen LogP contribution in [0.25, 0.3) is 22.4 Å². The molecular weight excluding hydrogens is 466 g/mol. The van der Waals surface area contributed by atoms with Gasteiger partial charge in [-0.2, -0.15) is 5.26 Å². The number of aromatic nitrogens is 1. The average Bonchev–Trinajstić information content (AvgIpc) is 2.95. The van der Waals surface area contributed by atoms with E-state index >= 15 is 0 Å². The van der Waals surface area contributed by atoms with Gasteiger partial charge in [0.15, 0.2) is 0 Å². The molecule has 0 bridgehead atoms. The molecule has 1 aromatic heterocycles. The molecule has 0 atom stereocenters. The third-order valence-corrected chi connectivity index (χ3v) is 7.27. The van der Waals surface area contributed by atoms with Crippen molar-refractivity contribution in [2.45, 2.75) is 17.9 Å². The molecular formula is C30H25N3O2S. The monoisotopic (exact) mass is 491 g/mol. The molecule has 178 valence electrons. The average molecular weight is 492 g/mol. The number of thioether (sulfide) groups is 1. The summed E-state index contributed by atoms with van der Waals surface area (Å²) >= 11 is 1.32. The number of ether oxygens (including phenoxy) is 1. The molecule has 0 N–H and O–H groups in total. The molecule has 1 aliphatic heterocycles. The van der Waals surface area contributed by atoms with E-state index in [9.17, 15) is 10.1 Å². The van der Waals surface area contributed by atoms with E-state index in [1.54, 1.807) is 7.11 Å². The summed E-state index contributed by atoms with van der Waals surface area (Å²) < 4.78 is 5.30. The summed E-state index contributed by atoms with van der Waals surface area (Å²) in [5, 5.41) is 10.7. The minimum absolute atomic E-state index is 0.0222. The highest BCUT2D eigenvalue weighted by molar-refractivity contribution is 8.00. The lowest BCUT2D eigenvalue weighted by atomic mass is 9.99. The van der Waals surface area contributed by atoms with Gasteiger partial charge in [0.25, 0.3) is 0 Å². The molecule has 0 fully saturated rings. The van der Waals surface area contributed by atoms with Crippen molar-refractivity contribution in [2.24, 2.45) is 0 Å². The first-order valence-electron chi connectivity index (χ1n) is 11.8. The summed E-state index contributed by atoms with van der Waals surface area (Å²) in [7, 11) is 1.63. The molecule has 0 unspecified atom stereocenters. The summed E-state index contributed by atoms with van der Waals surface area (Å²) in [6.45, 7) is 0.704. The number of hydrogen-bond donors (Lipinski definition) is 0. The second kappa shape index (κ2) is 10.7. The lowest BCUT2D eigenvalue weighted by molar-refractivity contribution is -0.116. The molecule has 4 aromatic rings. The number of para-hydroxylation sites is 1. The van der Waals surface area contributed by atoms with Gasteiger partial charge in [-0.25, -0.2) is 4.98 Å². The van der Waals surface area contributed by atoms with E-state index in [1.165, 1.54) is 17.3 Å². The van der Waals surface area contributed by atoms with Crippen LogP contribution in [0.1, 0.15) is 17.5 Å². The van der Waals surface area contributed by atoms with Crippen LogP contribution in [0.5, 0.6) is 5.75 Å². The van der Waals surface area contributed by atoms with Gasteiger partial charge in [-0.1, -0.05) is 60.3 Å². The number of fused-ring (bicyclic) bond motifs is 1. The second-order valence-electron chi connectivity index (χ2n) is 8.51. The lowest BCUT2D eigenvalue weighted by Crippen LogP contribution is -2.36. The predicted octanol–water partition coefficient (Wildman–Crippen LogP) is 6.37. The number of methoxy groups -OCH3 is 1. The topological polar surface area (TPSA) is 66.2 Å². The largest absolute Gasteiger partial charge is 0.497 e. The Morgan fingerprint density at radius 1 is 1.03 bits per heavy atom. The summed E-state index contributed by atoms with van der Waals surface area (Å²) in [5.74, 6) is 0.989. The van der Waals surface area contributed by atoms with Crippen molar-refractivity contribution >= 4 is 23.4 Å². The van der Waals surface area contributed by atoms with Crippen LogP contribution in [0.15, 0.2) is 90.0 Å². The predicted molar refractivity (Wildman–Crippen MR) is 144 cm³/mol. The number of amides is 1. The van der Waals surface area contributed by atoms with Crippen molar-refractivity contribution in [3.8, 4) is 34.2 Å². The first kappa shape index (κ1) is 23.7. The fourth-order valence-corrected chi connectivity index (χ4v) is 5.37. The number of rotatable bonds is 6. The minimum atomic E-state index is 0.0222. The van der Waals surface area contributed by atoms with Gasteiger partial charge in [-0.05, 0) is 60.4 Å². The van der Waals surface area contributed by atoms with Crippen LogP contribution in [0.3, 0.4) is 0 Å². The van der Waals surface area contributed by atoms with Crippen LogP contribution >= 0.6 is 11.8 Å². The number of hydrogen-bond acceptors (Lipinski definition) is 5. The van der Waals surface area contributed by atoms with Gasteiger partial charge in [0.1, 0.15) is 16.8 Å². The third-order valence-electron chi connectivity index (χ3n) is 6.31. The van der Waals surface area contributed by atoms with Crippen LogP contribution in [0, 0.1) is 11.3 Å². The van der Waals surface area contributed by atoms with Crippen molar-refractivity contribution in [3.05, 3.63) is 96.1 Å². The van der Waals surface area contributed by atoms with Crippen LogP contribution in [0.4, 0.5) is 5.69 Å². The Balaban J connectivity index is 1.50. The molecule has 0 radical (unpaired) electrons. The van der Waals surface area contributed by atoms with E-state index in [-0.39, 0.29) is 11.7 Å². The zero-order chi connectivity index (χ0) is 24.9. The highest BCUT2D eigenvalue weighted by Gasteiger charge is 2.23. The molecule has 0 spiro atoms. The normalized spacial score (nSPS) is 12.5. The Morgan fingerprint density at radius 3 is 2.53 bits per heavy atom.